The van der Waals surface area contributed by atoms with Crippen LogP contribution >= 0.6 is 0 Å². The van der Waals surface area contributed by atoms with E-state index in [-0.39, 0.29) is 29.8 Å². The second-order valence-corrected chi connectivity index (χ2v) is 6.33. The Kier molecular flexibility index (Phi) is 5.02. The van der Waals surface area contributed by atoms with E-state index in [2.05, 4.69) is 19.2 Å². The van der Waals surface area contributed by atoms with Crippen molar-refractivity contribution < 1.29 is 9.59 Å². The van der Waals surface area contributed by atoms with Crippen molar-refractivity contribution in [2.75, 3.05) is 13.1 Å². The summed E-state index contributed by atoms with van der Waals surface area (Å²) in [5, 5.41) is 2.91. The number of hydrogen-bond donors (Lipinski definition) is 2. The van der Waals surface area contributed by atoms with Gasteiger partial charge in [-0.15, -0.1) is 0 Å². The van der Waals surface area contributed by atoms with Crippen molar-refractivity contribution in [3.05, 3.63) is 0 Å². The molecule has 5 heteroatoms. The van der Waals surface area contributed by atoms with Gasteiger partial charge in [-0.3, -0.25) is 9.59 Å². The Morgan fingerprint density at radius 2 is 2.20 bits per heavy atom. The zero-order valence-corrected chi connectivity index (χ0v) is 12.6. The van der Waals surface area contributed by atoms with Crippen molar-refractivity contribution in [3.63, 3.8) is 0 Å². The highest BCUT2D eigenvalue weighted by Crippen LogP contribution is 2.31. The van der Waals surface area contributed by atoms with Crippen LogP contribution in [-0.2, 0) is 9.59 Å². The van der Waals surface area contributed by atoms with Crippen LogP contribution in [0.2, 0.25) is 0 Å². The number of rotatable bonds is 7. The molecule has 1 aliphatic heterocycles. The molecule has 1 saturated carbocycles. The van der Waals surface area contributed by atoms with E-state index in [0.717, 1.165) is 12.8 Å². The van der Waals surface area contributed by atoms with E-state index < -0.39 is 0 Å². The number of amides is 2. The fraction of sp³-hybridized carbons (Fsp3) is 0.867. The monoisotopic (exact) mass is 281 g/mol. The molecule has 2 aliphatic rings. The van der Waals surface area contributed by atoms with E-state index in [9.17, 15) is 9.59 Å². The molecule has 0 aromatic rings. The fourth-order valence-corrected chi connectivity index (χ4v) is 2.96. The molecule has 2 rings (SSSR count). The maximum Gasteiger partial charge on any atom is 0.225 e. The van der Waals surface area contributed by atoms with Crippen molar-refractivity contribution in [3.8, 4) is 0 Å². The third-order valence-corrected chi connectivity index (χ3v) is 4.51. The van der Waals surface area contributed by atoms with E-state index in [0.29, 0.717) is 25.4 Å². The first-order valence-electron chi connectivity index (χ1n) is 7.85. The first-order chi connectivity index (χ1) is 9.52. The first-order valence-corrected chi connectivity index (χ1v) is 7.85. The molecule has 0 aromatic carbocycles. The molecule has 3 atom stereocenters. The maximum absolute atomic E-state index is 12.1. The van der Waals surface area contributed by atoms with E-state index in [1.54, 1.807) is 0 Å². The topological polar surface area (TPSA) is 75.4 Å². The van der Waals surface area contributed by atoms with Gasteiger partial charge in [-0.25, -0.2) is 0 Å². The van der Waals surface area contributed by atoms with Crippen LogP contribution in [0.4, 0.5) is 0 Å². The lowest BCUT2D eigenvalue weighted by atomic mass is 10.1. The lowest BCUT2D eigenvalue weighted by molar-refractivity contribution is -0.130. The standard InChI is InChI=1S/C15H27N3O2/c1-3-4-10(2)18-9-12(7-14(18)19)15(20)17-8-13(16)11-5-6-11/h10-13H,3-9,16H2,1-2H3,(H,17,20). The number of hydrogen-bond acceptors (Lipinski definition) is 3. The van der Waals surface area contributed by atoms with Crippen LogP contribution in [-0.4, -0.2) is 41.9 Å². The van der Waals surface area contributed by atoms with E-state index in [1.807, 2.05) is 4.90 Å². The molecular weight excluding hydrogens is 254 g/mol. The lowest BCUT2D eigenvalue weighted by Crippen LogP contribution is -2.42. The van der Waals surface area contributed by atoms with Gasteiger partial charge in [-0.1, -0.05) is 13.3 Å². The second kappa shape index (κ2) is 6.57. The quantitative estimate of drug-likeness (QED) is 0.727. The van der Waals surface area contributed by atoms with Crippen molar-refractivity contribution >= 4 is 11.8 Å². The molecule has 0 spiro atoms. The Balaban J connectivity index is 1.78. The van der Waals surface area contributed by atoms with Gasteiger partial charge in [0.1, 0.15) is 0 Å². The Bertz CT molecular complexity index is 368. The van der Waals surface area contributed by atoms with Crippen molar-refractivity contribution in [2.45, 2.75) is 58.0 Å². The highest BCUT2D eigenvalue weighted by Gasteiger charge is 2.36. The molecule has 1 heterocycles. The summed E-state index contributed by atoms with van der Waals surface area (Å²) >= 11 is 0. The Morgan fingerprint density at radius 3 is 2.80 bits per heavy atom. The summed E-state index contributed by atoms with van der Waals surface area (Å²) in [6.45, 7) is 5.27. The molecule has 0 radical (unpaired) electrons. The van der Waals surface area contributed by atoms with Gasteiger partial charge in [0, 0.05) is 31.6 Å². The minimum atomic E-state index is -0.201. The van der Waals surface area contributed by atoms with Gasteiger partial charge in [0.25, 0.3) is 0 Å². The molecule has 3 unspecified atom stereocenters. The van der Waals surface area contributed by atoms with E-state index in [1.165, 1.54) is 12.8 Å². The molecule has 2 fully saturated rings. The van der Waals surface area contributed by atoms with Crippen molar-refractivity contribution in [1.29, 1.82) is 0 Å². The number of nitrogens with two attached hydrogens (primary N) is 1. The third-order valence-electron chi connectivity index (χ3n) is 4.51. The van der Waals surface area contributed by atoms with Crippen LogP contribution < -0.4 is 11.1 Å². The van der Waals surface area contributed by atoms with E-state index in [4.69, 9.17) is 5.73 Å². The van der Waals surface area contributed by atoms with Crippen LogP contribution in [0.5, 0.6) is 0 Å². The predicted octanol–water partition coefficient (Wildman–Crippen LogP) is 0.877. The molecule has 114 valence electrons. The number of carbonyl (C=O) groups excluding carboxylic acids is 2. The average molecular weight is 281 g/mol. The maximum atomic E-state index is 12.1. The third kappa shape index (κ3) is 3.72. The Morgan fingerprint density at radius 1 is 1.50 bits per heavy atom. The van der Waals surface area contributed by atoms with Crippen molar-refractivity contribution in [1.82, 2.24) is 10.2 Å². The smallest absolute Gasteiger partial charge is 0.225 e. The molecule has 1 saturated heterocycles. The van der Waals surface area contributed by atoms with Crippen LogP contribution in [0.1, 0.15) is 46.0 Å². The summed E-state index contributed by atoms with van der Waals surface area (Å²) in [7, 11) is 0. The molecule has 2 amide bonds. The van der Waals surface area contributed by atoms with Crippen LogP contribution in [0, 0.1) is 11.8 Å². The zero-order valence-electron chi connectivity index (χ0n) is 12.6. The van der Waals surface area contributed by atoms with Gasteiger partial charge < -0.3 is 16.0 Å². The van der Waals surface area contributed by atoms with Crippen molar-refractivity contribution in [2.24, 2.45) is 17.6 Å². The predicted molar refractivity (Wildman–Crippen MR) is 77.9 cm³/mol. The van der Waals surface area contributed by atoms with E-state index >= 15 is 0 Å². The minimum absolute atomic E-state index is 0.0133. The molecule has 1 aliphatic carbocycles. The number of nitrogens with zero attached hydrogens (tertiary/aromatic N) is 1. The van der Waals surface area contributed by atoms with Gasteiger partial charge in [0.05, 0.1) is 5.92 Å². The fourth-order valence-electron chi connectivity index (χ4n) is 2.96. The summed E-state index contributed by atoms with van der Waals surface area (Å²) in [6, 6.07) is 0.310. The van der Waals surface area contributed by atoms with Crippen LogP contribution in [0.15, 0.2) is 0 Å². The molecular formula is C15H27N3O2. The minimum Gasteiger partial charge on any atom is -0.354 e. The molecule has 0 bridgehead atoms. The molecule has 0 aromatic heterocycles. The first kappa shape index (κ1) is 15.3. The second-order valence-electron chi connectivity index (χ2n) is 6.33. The molecule has 20 heavy (non-hydrogen) atoms. The summed E-state index contributed by atoms with van der Waals surface area (Å²) in [6.07, 6.45) is 4.76. The Hall–Kier alpha value is -1.10. The van der Waals surface area contributed by atoms with Gasteiger partial charge >= 0.3 is 0 Å². The van der Waals surface area contributed by atoms with Gasteiger partial charge in [0.15, 0.2) is 0 Å². The van der Waals surface area contributed by atoms with Crippen LogP contribution in [0.25, 0.3) is 0 Å². The zero-order chi connectivity index (χ0) is 14.7. The van der Waals surface area contributed by atoms with Crippen LogP contribution in [0.3, 0.4) is 0 Å². The van der Waals surface area contributed by atoms with Gasteiger partial charge in [0.2, 0.25) is 11.8 Å². The number of carbonyl (C=O) groups is 2. The highest BCUT2D eigenvalue weighted by molar-refractivity contribution is 5.89. The SMILES string of the molecule is CCCC(C)N1CC(C(=O)NCC(N)C2CC2)CC1=O. The molecule has 3 N–H and O–H groups in total. The lowest BCUT2D eigenvalue weighted by Gasteiger charge is -2.24. The average Bonchev–Trinajstić information content (AvgIpc) is 3.19. The number of likely N-dealkylation sites (tertiary alicyclic amines) is 1. The van der Waals surface area contributed by atoms with Gasteiger partial charge in [-0.05, 0) is 32.1 Å². The normalized spacial score (nSPS) is 25.6. The molecule has 5 nitrogen and oxygen atoms in total. The summed E-state index contributed by atoms with van der Waals surface area (Å²) in [5.74, 6) is 0.480. The van der Waals surface area contributed by atoms with Gasteiger partial charge in [-0.2, -0.15) is 0 Å². The summed E-state index contributed by atoms with van der Waals surface area (Å²) in [4.78, 5) is 26.0. The summed E-state index contributed by atoms with van der Waals surface area (Å²) < 4.78 is 0. The highest BCUT2D eigenvalue weighted by atomic mass is 16.2. The number of nitrogens with one attached hydrogen (secondary N) is 1. The largest absolute Gasteiger partial charge is 0.354 e. The Labute approximate surface area is 121 Å². The summed E-state index contributed by atoms with van der Waals surface area (Å²) in [5.41, 5.74) is 5.98.